The van der Waals surface area contributed by atoms with Crippen LogP contribution in [0.25, 0.3) is 0 Å². The van der Waals surface area contributed by atoms with Crippen molar-refractivity contribution >= 4 is 6.03 Å². The first kappa shape index (κ1) is 12.6. The van der Waals surface area contributed by atoms with Gasteiger partial charge in [0.25, 0.3) is 0 Å². The van der Waals surface area contributed by atoms with Gasteiger partial charge in [-0.2, -0.15) is 0 Å². The number of hydrogen-bond donors (Lipinski definition) is 3. The number of amides is 2. The lowest BCUT2D eigenvalue weighted by Gasteiger charge is -2.30. The number of carbonyl (C=O) groups excluding carboxylic acids is 1. The molecule has 18 heavy (non-hydrogen) atoms. The average molecular weight is 246 g/mol. The molecule has 0 unspecified atom stereocenters. The van der Waals surface area contributed by atoms with Gasteiger partial charge in [0.2, 0.25) is 0 Å². The Morgan fingerprint density at radius 2 is 2.06 bits per heavy atom. The number of aliphatic hydroxyl groups is 1. The molecule has 1 aliphatic rings. The highest BCUT2D eigenvalue weighted by atomic mass is 16.3. The van der Waals surface area contributed by atoms with Crippen molar-refractivity contribution in [3.63, 3.8) is 0 Å². The first-order valence-corrected chi connectivity index (χ1v) is 6.11. The van der Waals surface area contributed by atoms with Crippen molar-refractivity contribution in [1.82, 2.24) is 10.6 Å². The van der Waals surface area contributed by atoms with E-state index in [9.17, 15) is 9.90 Å². The number of rotatable bonds is 3. The predicted molar refractivity (Wildman–Crippen MR) is 70.4 cm³/mol. The smallest absolute Gasteiger partial charge is 0.315 e. The van der Waals surface area contributed by atoms with Gasteiger partial charge in [0.15, 0.2) is 0 Å². The summed E-state index contributed by atoms with van der Waals surface area (Å²) >= 11 is 0. The van der Waals surface area contributed by atoms with E-state index in [0.717, 1.165) is 5.56 Å². The minimum absolute atomic E-state index is 0.232. The fourth-order valence-corrected chi connectivity index (χ4v) is 2.23. The standard InChI is InChI=1S/C14H18N2O2/c1-2-7-15-14(18)16-12-8-10-5-3-4-6-11(10)9-13(12)17/h2-6,12-13,17H,1,7-9H2,(H2,15,16,18)/t12-,13-/m1/s1. The number of benzene rings is 1. The van der Waals surface area contributed by atoms with Crippen molar-refractivity contribution in [3.8, 4) is 0 Å². The van der Waals surface area contributed by atoms with E-state index in [-0.39, 0.29) is 12.1 Å². The Labute approximate surface area is 107 Å². The minimum atomic E-state index is -0.533. The minimum Gasteiger partial charge on any atom is -0.391 e. The van der Waals surface area contributed by atoms with Crippen LogP contribution in [0.2, 0.25) is 0 Å². The van der Waals surface area contributed by atoms with Crippen molar-refractivity contribution in [2.75, 3.05) is 6.54 Å². The molecule has 1 aromatic rings. The number of hydrogen-bond acceptors (Lipinski definition) is 2. The van der Waals surface area contributed by atoms with Crippen LogP contribution in [0.15, 0.2) is 36.9 Å². The molecule has 4 nitrogen and oxygen atoms in total. The van der Waals surface area contributed by atoms with Crippen LogP contribution >= 0.6 is 0 Å². The van der Waals surface area contributed by atoms with Crippen molar-refractivity contribution in [2.45, 2.75) is 25.0 Å². The third-order valence-electron chi connectivity index (χ3n) is 3.18. The molecule has 96 valence electrons. The Kier molecular flexibility index (Phi) is 3.99. The van der Waals surface area contributed by atoms with Gasteiger partial charge in [-0.05, 0) is 17.5 Å². The van der Waals surface area contributed by atoms with Crippen LogP contribution in [-0.4, -0.2) is 29.8 Å². The van der Waals surface area contributed by atoms with E-state index in [4.69, 9.17) is 0 Å². The molecule has 2 rings (SSSR count). The van der Waals surface area contributed by atoms with Crippen LogP contribution in [0.3, 0.4) is 0 Å². The van der Waals surface area contributed by atoms with Gasteiger partial charge in [0.05, 0.1) is 12.1 Å². The zero-order valence-electron chi connectivity index (χ0n) is 10.2. The molecule has 0 fully saturated rings. The van der Waals surface area contributed by atoms with E-state index in [0.29, 0.717) is 19.4 Å². The van der Waals surface area contributed by atoms with E-state index in [2.05, 4.69) is 17.2 Å². The predicted octanol–water partition coefficient (Wildman–Crippen LogP) is 1.000. The lowest BCUT2D eigenvalue weighted by molar-refractivity contribution is 0.122. The van der Waals surface area contributed by atoms with E-state index < -0.39 is 6.10 Å². The maximum atomic E-state index is 11.5. The number of nitrogens with one attached hydrogen (secondary N) is 2. The monoisotopic (exact) mass is 246 g/mol. The quantitative estimate of drug-likeness (QED) is 0.697. The van der Waals surface area contributed by atoms with Gasteiger partial charge >= 0.3 is 6.03 Å². The van der Waals surface area contributed by atoms with Crippen molar-refractivity contribution < 1.29 is 9.90 Å². The van der Waals surface area contributed by atoms with E-state index in [1.807, 2.05) is 24.3 Å². The molecule has 1 aliphatic carbocycles. The van der Waals surface area contributed by atoms with Crippen LogP contribution in [0.1, 0.15) is 11.1 Å². The second kappa shape index (κ2) is 5.69. The normalized spacial score (nSPS) is 21.8. The number of fused-ring (bicyclic) bond motifs is 1. The van der Waals surface area contributed by atoms with Crippen molar-refractivity contribution in [2.24, 2.45) is 0 Å². The topological polar surface area (TPSA) is 61.4 Å². The average Bonchev–Trinajstić information content (AvgIpc) is 2.37. The second-order valence-corrected chi connectivity index (χ2v) is 4.49. The third kappa shape index (κ3) is 2.90. The van der Waals surface area contributed by atoms with E-state index in [1.165, 1.54) is 5.56 Å². The first-order valence-electron chi connectivity index (χ1n) is 6.11. The molecule has 3 N–H and O–H groups in total. The lowest BCUT2D eigenvalue weighted by atomic mass is 9.86. The maximum absolute atomic E-state index is 11.5. The summed E-state index contributed by atoms with van der Waals surface area (Å²) in [5, 5.41) is 15.5. The van der Waals surface area contributed by atoms with E-state index >= 15 is 0 Å². The summed E-state index contributed by atoms with van der Waals surface area (Å²) in [6.45, 7) is 3.95. The van der Waals surface area contributed by atoms with Gasteiger partial charge in [-0.1, -0.05) is 30.3 Å². The Hall–Kier alpha value is -1.81. The largest absolute Gasteiger partial charge is 0.391 e. The number of carbonyl (C=O) groups is 1. The molecule has 0 saturated carbocycles. The van der Waals surface area contributed by atoms with Crippen LogP contribution in [0.5, 0.6) is 0 Å². The Morgan fingerprint density at radius 1 is 1.39 bits per heavy atom. The van der Waals surface area contributed by atoms with Gasteiger partial charge in [0, 0.05) is 13.0 Å². The fourth-order valence-electron chi connectivity index (χ4n) is 2.23. The van der Waals surface area contributed by atoms with Crippen LogP contribution in [0, 0.1) is 0 Å². The van der Waals surface area contributed by atoms with Crippen molar-refractivity contribution in [1.29, 1.82) is 0 Å². The SMILES string of the molecule is C=CCNC(=O)N[C@@H]1Cc2ccccc2C[C@H]1O. The second-order valence-electron chi connectivity index (χ2n) is 4.49. The van der Waals surface area contributed by atoms with Crippen LogP contribution < -0.4 is 10.6 Å². The van der Waals surface area contributed by atoms with Crippen LogP contribution in [-0.2, 0) is 12.8 Å². The number of urea groups is 1. The molecule has 2 amide bonds. The molecule has 0 saturated heterocycles. The van der Waals surface area contributed by atoms with Gasteiger partial charge in [-0.3, -0.25) is 0 Å². The summed E-state index contributed by atoms with van der Waals surface area (Å²) in [6.07, 6.45) is 2.34. The molecular formula is C14H18N2O2. The molecule has 0 spiro atoms. The molecule has 2 atom stereocenters. The lowest BCUT2D eigenvalue weighted by Crippen LogP contribution is -2.51. The van der Waals surface area contributed by atoms with Gasteiger partial charge < -0.3 is 15.7 Å². The molecule has 0 heterocycles. The highest BCUT2D eigenvalue weighted by Crippen LogP contribution is 2.21. The molecule has 0 radical (unpaired) electrons. The zero-order chi connectivity index (χ0) is 13.0. The number of aliphatic hydroxyl groups excluding tert-OH is 1. The Balaban J connectivity index is 1.99. The molecule has 4 heteroatoms. The first-order chi connectivity index (χ1) is 8.70. The Bertz CT molecular complexity index is 445. The Morgan fingerprint density at radius 3 is 2.72 bits per heavy atom. The molecular weight excluding hydrogens is 228 g/mol. The summed E-state index contributed by atoms with van der Waals surface area (Å²) in [4.78, 5) is 11.5. The van der Waals surface area contributed by atoms with E-state index in [1.54, 1.807) is 6.08 Å². The molecule has 1 aromatic carbocycles. The highest BCUT2D eigenvalue weighted by molar-refractivity contribution is 5.74. The maximum Gasteiger partial charge on any atom is 0.315 e. The van der Waals surface area contributed by atoms with Gasteiger partial charge in [0.1, 0.15) is 0 Å². The van der Waals surface area contributed by atoms with Gasteiger partial charge in [-0.25, -0.2) is 4.79 Å². The molecule has 0 aliphatic heterocycles. The highest BCUT2D eigenvalue weighted by Gasteiger charge is 2.27. The summed E-state index contributed by atoms with van der Waals surface area (Å²) in [5.74, 6) is 0. The summed E-state index contributed by atoms with van der Waals surface area (Å²) in [6, 6.07) is 7.51. The zero-order valence-corrected chi connectivity index (χ0v) is 10.2. The molecule has 0 aromatic heterocycles. The van der Waals surface area contributed by atoms with Crippen LogP contribution in [0.4, 0.5) is 4.79 Å². The fraction of sp³-hybridized carbons (Fsp3) is 0.357. The third-order valence-corrected chi connectivity index (χ3v) is 3.18. The molecule has 0 bridgehead atoms. The summed E-state index contributed by atoms with van der Waals surface area (Å²) in [7, 11) is 0. The van der Waals surface area contributed by atoms with Crippen molar-refractivity contribution in [3.05, 3.63) is 48.0 Å². The summed E-state index contributed by atoms with van der Waals surface area (Å²) in [5.41, 5.74) is 2.35. The van der Waals surface area contributed by atoms with Gasteiger partial charge in [-0.15, -0.1) is 6.58 Å². The summed E-state index contributed by atoms with van der Waals surface area (Å²) < 4.78 is 0.